The van der Waals surface area contributed by atoms with Gasteiger partial charge in [-0.2, -0.15) is 0 Å². The molecule has 0 aromatic heterocycles. The highest BCUT2D eigenvalue weighted by molar-refractivity contribution is 4.94. The Labute approximate surface area is 82.0 Å². The zero-order chi connectivity index (χ0) is 9.78. The molecule has 0 bridgehead atoms. The first-order valence-electron chi connectivity index (χ1n) is 5.16. The molecule has 72 valence electrons. The van der Waals surface area contributed by atoms with Crippen molar-refractivity contribution in [2.75, 3.05) is 6.54 Å². The SMILES string of the molecule is CC=C=CC[N+]#CCCCCCC. The minimum absolute atomic E-state index is 0.720. The fraction of sp³-hybridized carbons (Fsp3) is 0.667. The number of unbranched alkanes of at least 4 members (excludes halogenated alkanes) is 4. The van der Waals surface area contributed by atoms with Crippen LogP contribution < -0.4 is 0 Å². The van der Waals surface area contributed by atoms with Crippen LogP contribution in [0.25, 0.3) is 4.85 Å². The van der Waals surface area contributed by atoms with Crippen molar-refractivity contribution in [1.29, 1.82) is 0 Å². The van der Waals surface area contributed by atoms with E-state index in [-0.39, 0.29) is 0 Å². The predicted molar refractivity (Wildman–Crippen MR) is 59.2 cm³/mol. The average molecular weight is 178 g/mol. The first-order chi connectivity index (χ1) is 6.41. The van der Waals surface area contributed by atoms with Crippen LogP contribution in [0.3, 0.4) is 0 Å². The van der Waals surface area contributed by atoms with Crippen LogP contribution >= 0.6 is 0 Å². The second kappa shape index (κ2) is 11.0. The molecule has 0 unspecified atom stereocenters. The first-order valence-corrected chi connectivity index (χ1v) is 5.16. The molecule has 0 spiro atoms. The molecule has 13 heavy (non-hydrogen) atoms. The lowest BCUT2D eigenvalue weighted by atomic mass is 10.2. The van der Waals surface area contributed by atoms with Gasteiger partial charge in [-0.05, 0) is 19.4 Å². The summed E-state index contributed by atoms with van der Waals surface area (Å²) in [6, 6.07) is 3.04. The van der Waals surface area contributed by atoms with Crippen molar-refractivity contribution in [2.24, 2.45) is 0 Å². The van der Waals surface area contributed by atoms with Gasteiger partial charge in [0.15, 0.2) is 0 Å². The van der Waals surface area contributed by atoms with Crippen LogP contribution in [0.4, 0.5) is 0 Å². The van der Waals surface area contributed by atoms with E-state index in [1.165, 1.54) is 25.7 Å². The van der Waals surface area contributed by atoms with Gasteiger partial charge in [-0.1, -0.05) is 31.0 Å². The van der Waals surface area contributed by atoms with Gasteiger partial charge in [0.2, 0.25) is 0 Å². The van der Waals surface area contributed by atoms with Crippen LogP contribution in [-0.4, -0.2) is 6.54 Å². The summed E-state index contributed by atoms with van der Waals surface area (Å²) in [5.74, 6) is 0. The summed E-state index contributed by atoms with van der Waals surface area (Å²) < 4.78 is 0. The quantitative estimate of drug-likeness (QED) is 0.442. The summed E-state index contributed by atoms with van der Waals surface area (Å²) in [5.41, 5.74) is 2.98. The molecule has 0 heterocycles. The van der Waals surface area contributed by atoms with Crippen molar-refractivity contribution in [2.45, 2.75) is 46.0 Å². The zero-order valence-corrected chi connectivity index (χ0v) is 8.84. The Bertz CT molecular complexity index is 211. The molecular weight excluding hydrogens is 158 g/mol. The number of hydrogen-bond acceptors (Lipinski definition) is 0. The Kier molecular flexibility index (Phi) is 10.2. The Morgan fingerprint density at radius 2 is 2.08 bits per heavy atom. The minimum Gasteiger partial charge on any atom is -0.122 e. The molecule has 0 rings (SSSR count). The molecule has 0 radical (unpaired) electrons. The molecule has 0 amide bonds. The third kappa shape index (κ3) is 11.0. The zero-order valence-electron chi connectivity index (χ0n) is 8.84. The number of nitrogens with zero attached hydrogens (tertiary/aromatic N) is 1. The standard InChI is InChI=1S/C12H20N/c1-3-5-7-8-10-12-13-11-9-6-4-2/h4,9H,3,5,7-8,10-11H2,1-2H3/q+1. The van der Waals surface area contributed by atoms with E-state index < -0.39 is 0 Å². The van der Waals surface area contributed by atoms with Gasteiger partial charge < -0.3 is 0 Å². The topological polar surface area (TPSA) is 4.36 Å². The molecule has 0 atom stereocenters. The molecule has 1 heteroatoms. The van der Waals surface area contributed by atoms with E-state index in [1.807, 2.05) is 19.1 Å². The van der Waals surface area contributed by atoms with Gasteiger partial charge in [0.25, 0.3) is 12.6 Å². The van der Waals surface area contributed by atoms with Crippen LogP contribution in [0.5, 0.6) is 0 Å². The minimum atomic E-state index is 0.720. The van der Waals surface area contributed by atoms with E-state index in [0.717, 1.165) is 13.0 Å². The van der Waals surface area contributed by atoms with E-state index in [1.54, 1.807) is 0 Å². The molecule has 0 saturated heterocycles. The molecule has 0 fully saturated rings. The highest BCUT2D eigenvalue weighted by atomic mass is 14.6. The third-order valence-corrected chi connectivity index (χ3v) is 1.72. The van der Waals surface area contributed by atoms with Crippen molar-refractivity contribution < 1.29 is 0 Å². The lowest BCUT2D eigenvalue weighted by molar-refractivity contribution is 0.679. The summed E-state index contributed by atoms with van der Waals surface area (Å²) >= 11 is 0. The molecule has 0 aliphatic carbocycles. The van der Waals surface area contributed by atoms with E-state index >= 15 is 0 Å². The normalized spacial score (nSPS) is 8.15. The Morgan fingerprint density at radius 3 is 2.77 bits per heavy atom. The fourth-order valence-corrected chi connectivity index (χ4v) is 0.991. The summed E-state index contributed by atoms with van der Waals surface area (Å²) in [6.45, 7) is 4.90. The Hall–Kier alpha value is -0.990. The Morgan fingerprint density at radius 1 is 1.23 bits per heavy atom. The second-order valence-electron chi connectivity index (χ2n) is 2.97. The molecule has 0 N–H and O–H groups in total. The molecule has 0 aliphatic heterocycles. The first kappa shape index (κ1) is 12.0. The van der Waals surface area contributed by atoms with Crippen molar-refractivity contribution in [3.63, 3.8) is 0 Å². The summed E-state index contributed by atoms with van der Waals surface area (Å²) in [7, 11) is 0. The number of hydrogen-bond donors (Lipinski definition) is 0. The van der Waals surface area contributed by atoms with Crippen LogP contribution in [0.15, 0.2) is 17.9 Å². The second-order valence-corrected chi connectivity index (χ2v) is 2.97. The Balaban J connectivity index is 3.25. The van der Waals surface area contributed by atoms with Crippen molar-refractivity contribution in [3.05, 3.63) is 22.7 Å². The van der Waals surface area contributed by atoms with Gasteiger partial charge in [-0.25, -0.2) is 0 Å². The van der Waals surface area contributed by atoms with Crippen molar-refractivity contribution in [3.8, 4) is 6.07 Å². The molecule has 1 nitrogen and oxygen atoms in total. The monoisotopic (exact) mass is 178 g/mol. The smallest absolute Gasteiger partial charge is 0.122 e. The van der Waals surface area contributed by atoms with Gasteiger partial charge in [0.05, 0.1) is 6.42 Å². The van der Waals surface area contributed by atoms with Crippen molar-refractivity contribution in [1.82, 2.24) is 0 Å². The molecule has 0 aromatic rings. The van der Waals surface area contributed by atoms with E-state index in [2.05, 4.69) is 23.6 Å². The summed E-state index contributed by atoms with van der Waals surface area (Å²) in [6.07, 6.45) is 9.97. The molecule has 0 aliphatic rings. The van der Waals surface area contributed by atoms with Gasteiger partial charge in [-0.15, -0.1) is 5.73 Å². The van der Waals surface area contributed by atoms with Crippen LogP contribution in [0, 0.1) is 6.07 Å². The van der Waals surface area contributed by atoms with Crippen LogP contribution in [0.2, 0.25) is 0 Å². The third-order valence-electron chi connectivity index (χ3n) is 1.72. The van der Waals surface area contributed by atoms with Crippen molar-refractivity contribution >= 4 is 0 Å². The fourth-order valence-electron chi connectivity index (χ4n) is 0.991. The predicted octanol–water partition coefficient (Wildman–Crippen LogP) is 4.02. The van der Waals surface area contributed by atoms with Gasteiger partial charge in [0, 0.05) is 6.08 Å². The van der Waals surface area contributed by atoms with Crippen LogP contribution in [0.1, 0.15) is 46.0 Å². The molecule has 0 aromatic carbocycles. The lowest BCUT2D eigenvalue weighted by Crippen LogP contribution is -1.73. The maximum Gasteiger partial charge on any atom is 0.289 e. The van der Waals surface area contributed by atoms with E-state index in [0.29, 0.717) is 0 Å². The molecular formula is C12H20N+. The number of rotatable bonds is 5. The summed E-state index contributed by atoms with van der Waals surface area (Å²) in [4.78, 5) is 4.12. The van der Waals surface area contributed by atoms with Gasteiger partial charge >= 0.3 is 0 Å². The highest BCUT2D eigenvalue weighted by Crippen LogP contribution is 2.00. The maximum absolute atomic E-state index is 4.12. The van der Waals surface area contributed by atoms with Gasteiger partial charge in [0.1, 0.15) is 0 Å². The lowest BCUT2D eigenvalue weighted by Gasteiger charge is -1.88. The van der Waals surface area contributed by atoms with Crippen LogP contribution in [-0.2, 0) is 0 Å². The maximum atomic E-state index is 4.12. The highest BCUT2D eigenvalue weighted by Gasteiger charge is 1.88. The summed E-state index contributed by atoms with van der Waals surface area (Å²) in [5, 5.41) is 0. The van der Waals surface area contributed by atoms with E-state index in [4.69, 9.17) is 0 Å². The largest absolute Gasteiger partial charge is 0.289 e. The molecule has 0 saturated carbocycles. The average Bonchev–Trinajstić information content (AvgIpc) is 2.16. The van der Waals surface area contributed by atoms with E-state index in [9.17, 15) is 0 Å². The van der Waals surface area contributed by atoms with Gasteiger partial charge in [-0.3, -0.25) is 0 Å².